The highest BCUT2D eigenvalue weighted by molar-refractivity contribution is 6.42. The van der Waals surface area contributed by atoms with Gasteiger partial charge in [0.15, 0.2) is 0 Å². The summed E-state index contributed by atoms with van der Waals surface area (Å²) >= 11 is 12.3. The summed E-state index contributed by atoms with van der Waals surface area (Å²) in [6.45, 7) is 4.23. The van der Waals surface area contributed by atoms with E-state index in [0.717, 1.165) is 39.3 Å². The second kappa shape index (κ2) is 9.27. The third kappa shape index (κ3) is 4.29. The number of carbonyl (C=O) groups is 1. The number of rotatable bonds is 4. The maximum absolute atomic E-state index is 13.5. The molecule has 0 saturated carbocycles. The van der Waals surface area contributed by atoms with Gasteiger partial charge < -0.3 is 10.3 Å². The number of hydrogen-bond donors (Lipinski definition) is 2. The first-order chi connectivity index (χ1) is 18.3. The van der Waals surface area contributed by atoms with Crippen molar-refractivity contribution in [3.63, 3.8) is 0 Å². The van der Waals surface area contributed by atoms with Crippen molar-refractivity contribution in [3.8, 4) is 11.4 Å². The molecule has 0 saturated heterocycles. The lowest BCUT2D eigenvalue weighted by Crippen LogP contribution is -2.46. The predicted octanol–water partition coefficient (Wildman–Crippen LogP) is 6.66. The largest absolute Gasteiger partial charge is 0.338 e. The van der Waals surface area contributed by atoms with Crippen LogP contribution in [0.25, 0.3) is 22.4 Å². The molecule has 2 N–H and O–H groups in total. The highest BCUT2D eigenvalue weighted by Gasteiger charge is 2.31. The van der Waals surface area contributed by atoms with Gasteiger partial charge in [0.1, 0.15) is 11.6 Å². The lowest BCUT2D eigenvalue weighted by atomic mass is 10.1. The zero-order valence-corrected chi connectivity index (χ0v) is 22.3. The van der Waals surface area contributed by atoms with Crippen molar-refractivity contribution < 1.29 is 4.79 Å². The Kier molecular flexibility index (Phi) is 5.89. The van der Waals surface area contributed by atoms with Crippen LogP contribution in [-0.2, 0) is 6.54 Å². The van der Waals surface area contributed by atoms with Gasteiger partial charge in [0.05, 0.1) is 39.5 Å². The van der Waals surface area contributed by atoms with Gasteiger partial charge in [-0.3, -0.25) is 14.8 Å². The molecule has 0 aliphatic carbocycles. The molecule has 1 aliphatic rings. The third-order valence-electron chi connectivity index (χ3n) is 6.47. The lowest BCUT2D eigenvalue weighted by molar-refractivity contribution is 0.251. The molecule has 0 unspecified atom stereocenters. The van der Waals surface area contributed by atoms with E-state index >= 15 is 0 Å². The number of fused-ring (bicyclic) bond motifs is 2. The summed E-state index contributed by atoms with van der Waals surface area (Å²) in [5, 5.41) is 4.05. The molecule has 38 heavy (non-hydrogen) atoms. The summed E-state index contributed by atoms with van der Waals surface area (Å²) in [6, 6.07) is 13.0. The number of imidazole rings is 1. The maximum atomic E-state index is 13.5. The number of amides is 2. The molecule has 0 fully saturated rings. The summed E-state index contributed by atoms with van der Waals surface area (Å²) in [6.07, 6.45) is 3.46. The predicted molar refractivity (Wildman–Crippen MR) is 151 cm³/mol. The Balaban J connectivity index is 1.32. The normalized spacial score (nSPS) is 13.2. The fourth-order valence-electron chi connectivity index (χ4n) is 4.42. The van der Waals surface area contributed by atoms with Gasteiger partial charge in [0, 0.05) is 35.8 Å². The second-order valence-corrected chi connectivity index (χ2v) is 9.97. The number of aryl methyl sites for hydroxylation is 2. The number of nitrogens with zero attached hydrogens (tertiary/aromatic N) is 6. The number of urea groups is 1. The molecule has 9 nitrogen and oxygen atoms in total. The van der Waals surface area contributed by atoms with Crippen molar-refractivity contribution in [2.45, 2.75) is 20.4 Å². The number of anilines is 4. The van der Waals surface area contributed by atoms with Crippen molar-refractivity contribution in [1.29, 1.82) is 0 Å². The first-order valence-corrected chi connectivity index (χ1v) is 12.6. The Labute approximate surface area is 228 Å². The highest BCUT2D eigenvalue weighted by Crippen LogP contribution is 2.35. The van der Waals surface area contributed by atoms with E-state index in [2.05, 4.69) is 30.2 Å². The summed E-state index contributed by atoms with van der Waals surface area (Å²) in [4.78, 5) is 38.1. The SMILES string of the molecule is Cc1ccc(Nc2ncc3c(n2)N(C)C(=O)N(c2cc(-c4nc5cc(Cl)c(Cl)cc5[nH]4)ccc2C)C3)cn1. The highest BCUT2D eigenvalue weighted by atomic mass is 35.5. The van der Waals surface area contributed by atoms with E-state index in [9.17, 15) is 4.79 Å². The Morgan fingerprint density at radius 1 is 0.974 bits per heavy atom. The number of H-pyrrole nitrogens is 1. The minimum absolute atomic E-state index is 0.192. The smallest absolute Gasteiger partial charge is 0.330 e. The molecule has 0 radical (unpaired) electrons. The van der Waals surface area contributed by atoms with Gasteiger partial charge >= 0.3 is 6.03 Å². The summed E-state index contributed by atoms with van der Waals surface area (Å²) in [5.41, 5.74) is 6.56. The van der Waals surface area contributed by atoms with Gasteiger partial charge in [-0.15, -0.1) is 0 Å². The van der Waals surface area contributed by atoms with E-state index < -0.39 is 0 Å². The Bertz CT molecular complexity index is 1680. The van der Waals surface area contributed by atoms with E-state index in [1.165, 1.54) is 4.90 Å². The summed E-state index contributed by atoms with van der Waals surface area (Å²) in [5.74, 6) is 1.61. The van der Waals surface area contributed by atoms with Crippen LogP contribution in [0.1, 0.15) is 16.8 Å². The van der Waals surface area contributed by atoms with Gasteiger partial charge in [-0.1, -0.05) is 35.3 Å². The van der Waals surface area contributed by atoms with Gasteiger partial charge in [-0.2, -0.15) is 4.98 Å². The molecule has 190 valence electrons. The number of halogens is 2. The molecular weight excluding hydrogens is 523 g/mol. The van der Waals surface area contributed by atoms with Crippen LogP contribution in [0.4, 0.5) is 27.9 Å². The maximum Gasteiger partial charge on any atom is 0.330 e. The van der Waals surface area contributed by atoms with Crippen LogP contribution in [0.3, 0.4) is 0 Å². The van der Waals surface area contributed by atoms with Crippen LogP contribution in [0.5, 0.6) is 0 Å². The number of nitrogens with one attached hydrogen (secondary N) is 2. The fourth-order valence-corrected chi connectivity index (χ4v) is 4.74. The minimum Gasteiger partial charge on any atom is -0.338 e. The first-order valence-electron chi connectivity index (χ1n) is 11.8. The van der Waals surface area contributed by atoms with Gasteiger partial charge in [-0.25, -0.2) is 14.8 Å². The quantitative estimate of drug-likeness (QED) is 0.262. The first kappa shape index (κ1) is 24.1. The summed E-state index contributed by atoms with van der Waals surface area (Å²) < 4.78 is 0. The molecule has 6 rings (SSSR count). The molecule has 3 aromatic heterocycles. The molecule has 1 aliphatic heterocycles. The molecule has 0 atom stereocenters. The van der Waals surface area contributed by atoms with Crippen molar-refractivity contribution in [2.24, 2.45) is 0 Å². The number of pyridine rings is 1. The molecule has 5 aromatic rings. The van der Waals surface area contributed by atoms with Crippen molar-refractivity contribution in [3.05, 3.63) is 81.7 Å². The van der Waals surface area contributed by atoms with Crippen LogP contribution in [-0.4, -0.2) is 38.0 Å². The minimum atomic E-state index is -0.192. The Morgan fingerprint density at radius 2 is 1.79 bits per heavy atom. The molecule has 11 heteroatoms. The van der Waals surface area contributed by atoms with E-state index in [0.29, 0.717) is 39.7 Å². The second-order valence-electron chi connectivity index (χ2n) is 9.15. The van der Waals surface area contributed by atoms with Gasteiger partial charge in [0.25, 0.3) is 0 Å². The van der Waals surface area contributed by atoms with Gasteiger partial charge in [-0.05, 0) is 49.7 Å². The Morgan fingerprint density at radius 3 is 2.58 bits per heavy atom. The Hall–Kier alpha value is -4.21. The topological polar surface area (TPSA) is 103 Å². The number of aromatic nitrogens is 5. The lowest BCUT2D eigenvalue weighted by Gasteiger charge is -2.35. The average molecular weight is 545 g/mol. The van der Waals surface area contributed by atoms with Crippen molar-refractivity contribution >= 4 is 63.4 Å². The van der Waals surface area contributed by atoms with E-state index in [1.807, 2.05) is 44.2 Å². The summed E-state index contributed by atoms with van der Waals surface area (Å²) in [7, 11) is 1.71. The van der Waals surface area contributed by atoms with E-state index in [-0.39, 0.29) is 6.03 Å². The van der Waals surface area contributed by atoms with E-state index in [4.69, 9.17) is 23.2 Å². The zero-order valence-electron chi connectivity index (χ0n) is 20.8. The van der Waals surface area contributed by atoms with Crippen LogP contribution >= 0.6 is 23.2 Å². The standard InChI is InChI=1S/C27H22Cl2N8O/c1-14-4-6-16(24-33-21-9-19(28)20(29)10-22(21)34-24)8-23(14)37-13-17-11-31-26(35-25(17)36(3)27(37)38)32-18-7-5-15(2)30-12-18/h4-12H,13H2,1-3H3,(H,33,34)(H,31,32,35). The number of carbonyl (C=O) groups excluding carboxylic acids is 1. The van der Waals surface area contributed by atoms with E-state index in [1.54, 1.807) is 36.5 Å². The van der Waals surface area contributed by atoms with Gasteiger partial charge in [0.2, 0.25) is 5.95 Å². The van der Waals surface area contributed by atoms with Crippen LogP contribution in [0.2, 0.25) is 10.0 Å². The molecule has 0 spiro atoms. The average Bonchev–Trinajstić information content (AvgIpc) is 3.31. The number of hydrogen-bond acceptors (Lipinski definition) is 6. The number of aromatic amines is 1. The van der Waals surface area contributed by atoms with Crippen LogP contribution < -0.4 is 15.1 Å². The molecule has 2 amide bonds. The number of benzene rings is 2. The van der Waals surface area contributed by atoms with Crippen molar-refractivity contribution in [2.75, 3.05) is 22.2 Å². The van der Waals surface area contributed by atoms with Crippen LogP contribution in [0, 0.1) is 13.8 Å². The third-order valence-corrected chi connectivity index (χ3v) is 7.19. The monoisotopic (exact) mass is 544 g/mol. The molecule has 4 heterocycles. The van der Waals surface area contributed by atoms with Crippen molar-refractivity contribution in [1.82, 2.24) is 24.9 Å². The van der Waals surface area contributed by atoms with Crippen LogP contribution in [0.15, 0.2) is 54.9 Å². The molecule has 0 bridgehead atoms. The fraction of sp³-hybridized carbons (Fsp3) is 0.148. The molecular formula is C27H22Cl2N8O. The molecule has 2 aromatic carbocycles. The zero-order chi connectivity index (χ0) is 26.6.